The summed E-state index contributed by atoms with van der Waals surface area (Å²) in [4.78, 5) is 3.80. The van der Waals surface area contributed by atoms with E-state index >= 15 is 0 Å². The van der Waals surface area contributed by atoms with Gasteiger partial charge in [0.15, 0.2) is 0 Å². The average Bonchev–Trinajstić information content (AvgIpc) is 2.88. The van der Waals surface area contributed by atoms with Crippen LogP contribution in [0.1, 0.15) is 75.6 Å². The Morgan fingerprint density at radius 3 is 1.37 bits per heavy atom. The molecule has 0 aliphatic rings. The Labute approximate surface area is 221 Å². The molecule has 0 fully saturated rings. The van der Waals surface area contributed by atoms with Gasteiger partial charge in [0.05, 0.1) is 34.4 Å². The van der Waals surface area contributed by atoms with Gasteiger partial charge < -0.3 is 9.80 Å². The van der Waals surface area contributed by atoms with Crippen molar-refractivity contribution in [3.63, 3.8) is 0 Å². The number of benzene rings is 2. The highest BCUT2D eigenvalue weighted by molar-refractivity contribution is 5.55. The highest BCUT2D eigenvalue weighted by Gasteiger charge is 2.35. The molecule has 0 atom stereocenters. The number of nitriles is 2. The summed E-state index contributed by atoms with van der Waals surface area (Å²) in [6.45, 7) is 10.7. The van der Waals surface area contributed by atoms with Crippen molar-refractivity contribution in [2.75, 3.05) is 36.0 Å². The molecule has 0 amide bonds. The Kier molecular flexibility index (Phi) is 13.0. The number of hydrogen-bond acceptors (Lipinski definition) is 4. The molecule has 0 spiro atoms. The fraction of sp³-hybridized carbons (Fsp3) is 0.500. The highest BCUT2D eigenvalue weighted by atomic mass is 19.4. The van der Waals surface area contributed by atoms with E-state index in [0.29, 0.717) is 31.0 Å². The third-order valence-corrected chi connectivity index (χ3v) is 5.74. The Balaban J connectivity index is 0.000000380. The lowest BCUT2D eigenvalue weighted by Crippen LogP contribution is -2.25. The summed E-state index contributed by atoms with van der Waals surface area (Å²) >= 11 is 0. The molecule has 0 aliphatic heterocycles. The monoisotopic (exact) mass is 540 g/mol. The van der Waals surface area contributed by atoms with Crippen LogP contribution in [0.5, 0.6) is 0 Å². The summed E-state index contributed by atoms with van der Waals surface area (Å²) in [6, 6.07) is 11.0. The summed E-state index contributed by atoms with van der Waals surface area (Å²) in [7, 11) is 0. The number of halogens is 6. The lowest BCUT2D eigenvalue weighted by atomic mass is 10.1. The maximum absolute atomic E-state index is 12.9. The predicted molar refractivity (Wildman–Crippen MR) is 138 cm³/mol. The zero-order chi connectivity index (χ0) is 28.9. The van der Waals surface area contributed by atoms with E-state index in [0.717, 1.165) is 44.4 Å². The molecule has 0 saturated heterocycles. The molecule has 0 aliphatic carbocycles. The van der Waals surface area contributed by atoms with E-state index < -0.39 is 23.5 Å². The molecule has 0 saturated carbocycles. The van der Waals surface area contributed by atoms with E-state index in [4.69, 9.17) is 10.5 Å². The van der Waals surface area contributed by atoms with Crippen molar-refractivity contribution in [3.8, 4) is 12.1 Å². The summed E-state index contributed by atoms with van der Waals surface area (Å²) in [6.07, 6.45) is -5.35. The van der Waals surface area contributed by atoms with Crippen LogP contribution in [0.15, 0.2) is 36.4 Å². The van der Waals surface area contributed by atoms with Gasteiger partial charge in [-0.3, -0.25) is 0 Å². The number of rotatable bonds is 10. The van der Waals surface area contributed by atoms with E-state index in [9.17, 15) is 26.3 Å². The van der Waals surface area contributed by atoms with Crippen molar-refractivity contribution >= 4 is 11.4 Å². The van der Waals surface area contributed by atoms with Crippen LogP contribution in [0.4, 0.5) is 37.7 Å². The summed E-state index contributed by atoms with van der Waals surface area (Å²) in [5.41, 5.74) is -1.34. The molecule has 0 unspecified atom stereocenters. The van der Waals surface area contributed by atoms with Gasteiger partial charge in [0.25, 0.3) is 0 Å². The number of anilines is 2. The van der Waals surface area contributed by atoms with Crippen molar-refractivity contribution in [2.45, 2.75) is 65.7 Å². The molecule has 0 heterocycles. The topological polar surface area (TPSA) is 54.1 Å². The maximum Gasteiger partial charge on any atom is 0.417 e. The van der Waals surface area contributed by atoms with Crippen LogP contribution in [-0.2, 0) is 12.4 Å². The van der Waals surface area contributed by atoms with Crippen molar-refractivity contribution in [1.29, 1.82) is 10.5 Å². The zero-order valence-corrected chi connectivity index (χ0v) is 22.2. The fourth-order valence-corrected chi connectivity index (χ4v) is 3.85. The number of hydrogen-bond donors (Lipinski definition) is 0. The average molecular weight is 541 g/mol. The van der Waals surface area contributed by atoms with Gasteiger partial charge in [0, 0.05) is 37.6 Å². The van der Waals surface area contributed by atoms with Crippen molar-refractivity contribution in [1.82, 2.24) is 0 Å². The van der Waals surface area contributed by atoms with E-state index in [1.807, 2.05) is 37.5 Å². The van der Waals surface area contributed by atoms with Crippen LogP contribution in [0.2, 0.25) is 0 Å². The molecule has 10 heteroatoms. The lowest BCUT2D eigenvalue weighted by Gasteiger charge is -2.25. The van der Waals surface area contributed by atoms with Crippen LogP contribution < -0.4 is 9.80 Å². The standard InChI is InChI=1S/2C14H17F3N2/c1-3-7-19(8-4-2)12-6-5-11(10-18)13(9-12)14(15,16)17;1-3-5-8-19(4-2)12-7-6-11(10-18)13(9-12)14(15,16)17/h5-6,9H,3-4,7-8H2,1-2H3;6-7,9H,3-5,8H2,1-2H3. The SMILES string of the molecule is CCCCN(CC)c1ccc(C#N)c(C(F)(F)F)c1.CCCN(CCC)c1ccc(C#N)c(C(F)(F)F)c1. The molecule has 4 nitrogen and oxygen atoms in total. The first kappa shape index (κ1) is 32.6. The second-order valence-electron chi connectivity index (χ2n) is 8.60. The minimum absolute atomic E-state index is 0.329. The van der Waals surface area contributed by atoms with Gasteiger partial charge in [0.1, 0.15) is 0 Å². The quantitative estimate of drug-likeness (QED) is 0.284. The normalized spacial score (nSPS) is 11.2. The maximum atomic E-state index is 12.9. The summed E-state index contributed by atoms with van der Waals surface area (Å²) < 4.78 is 77.2. The first-order valence-electron chi connectivity index (χ1n) is 12.6. The smallest absolute Gasteiger partial charge is 0.372 e. The highest BCUT2D eigenvalue weighted by Crippen LogP contribution is 2.35. The minimum Gasteiger partial charge on any atom is -0.372 e. The molecule has 2 aromatic carbocycles. The van der Waals surface area contributed by atoms with Gasteiger partial charge in [-0.1, -0.05) is 27.2 Å². The number of nitrogens with zero attached hydrogens (tertiary/aromatic N) is 4. The molecule has 0 N–H and O–H groups in total. The fourth-order valence-electron chi connectivity index (χ4n) is 3.85. The second-order valence-corrected chi connectivity index (χ2v) is 8.60. The third-order valence-electron chi connectivity index (χ3n) is 5.74. The molecule has 2 rings (SSSR count). The Hall–Kier alpha value is -3.40. The van der Waals surface area contributed by atoms with Crippen LogP contribution in [-0.4, -0.2) is 26.2 Å². The largest absolute Gasteiger partial charge is 0.417 e. The Morgan fingerprint density at radius 2 is 1.05 bits per heavy atom. The Morgan fingerprint density at radius 1 is 0.632 bits per heavy atom. The molecule has 2 aromatic rings. The van der Waals surface area contributed by atoms with Crippen LogP contribution in [0.3, 0.4) is 0 Å². The van der Waals surface area contributed by atoms with Gasteiger partial charge >= 0.3 is 12.4 Å². The zero-order valence-electron chi connectivity index (χ0n) is 22.2. The number of alkyl halides is 6. The van der Waals surface area contributed by atoms with E-state index in [1.54, 1.807) is 24.3 Å². The summed E-state index contributed by atoms with van der Waals surface area (Å²) in [5, 5.41) is 17.5. The van der Waals surface area contributed by atoms with Crippen LogP contribution in [0.25, 0.3) is 0 Å². The molecule has 0 bridgehead atoms. The third kappa shape index (κ3) is 9.48. The first-order valence-corrected chi connectivity index (χ1v) is 12.6. The molecular weight excluding hydrogens is 506 g/mol. The van der Waals surface area contributed by atoms with E-state index in [-0.39, 0.29) is 11.1 Å². The number of unbranched alkanes of at least 4 members (excludes halogenated alkanes) is 1. The summed E-state index contributed by atoms with van der Waals surface area (Å²) in [5.74, 6) is 0. The lowest BCUT2D eigenvalue weighted by molar-refractivity contribution is -0.138. The molecule has 0 aromatic heterocycles. The van der Waals surface area contributed by atoms with E-state index in [1.165, 1.54) is 12.1 Å². The molecular formula is C28H34F6N4. The van der Waals surface area contributed by atoms with Crippen LogP contribution >= 0.6 is 0 Å². The van der Waals surface area contributed by atoms with Crippen molar-refractivity contribution < 1.29 is 26.3 Å². The van der Waals surface area contributed by atoms with Gasteiger partial charge in [-0.05, 0) is 62.6 Å². The van der Waals surface area contributed by atoms with Gasteiger partial charge in [-0.15, -0.1) is 0 Å². The van der Waals surface area contributed by atoms with Gasteiger partial charge in [0.2, 0.25) is 0 Å². The molecule has 38 heavy (non-hydrogen) atoms. The molecule has 0 radical (unpaired) electrons. The first-order chi connectivity index (χ1) is 17.9. The Bertz CT molecular complexity index is 1090. The molecule has 208 valence electrons. The van der Waals surface area contributed by atoms with Crippen molar-refractivity contribution in [3.05, 3.63) is 58.7 Å². The second kappa shape index (κ2) is 15.1. The van der Waals surface area contributed by atoms with Crippen molar-refractivity contribution in [2.24, 2.45) is 0 Å². The van der Waals surface area contributed by atoms with Crippen LogP contribution in [0, 0.1) is 22.7 Å². The van der Waals surface area contributed by atoms with Gasteiger partial charge in [-0.25, -0.2) is 0 Å². The van der Waals surface area contributed by atoms with Gasteiger partial charge in [-0.2, -0.15) is 36.9 Å². The van der Waals surface area contributed by atoms with E-state index in [2.05, 4.69) is 0 Å². The minimum atomic E-state index is -4.49. The predicted octanol–water partition coefficient (Wildman–Crippen LogP) is 8.41.